The smallest absolute Gasteiger partial charge is 0.208 e. The van der Waals surface area contributed by atoms with Crippen molar-refractivity contribution in [2.24, 2.45) is 4.99 Å². The van der Waals surface area contributed by atoms with E-state index in [1.807, 2.05) is 26.0 Å². The molecule has 1 aliphatic rings. The highest BCUT2D eigenvalue weighted by Crippen LogP contribution is 2.32. The minimum Gasteiger partial charge on any atom is -0.493 e. The lowest BCUT2D eigenvalue weighted by atomic mass is 10.2. The number of rotatable bonds is 4. The van der Waals surface area contributed by atoms with Gasteiger partial charge in [0.25, 0.3) is 0 Å². The average molecular weight is 426 g/mol. The van der Waals surface area contributed by atoms with Crippen LogP contribution in [0, 0.1) is 25.5 Å². The van der Waals surface area contributed by atoms with Gasteiger partial charge in [-0.25, -0.2) is 18.8 Å². The number of ether oxygens (including phenoxy) is 1. The molecule has 8 heteroatoms. The van der Waals surface area contributed by atoms with E-state index in [1.54, 1.807) is 22.4 Å². The van der Waals surface area contributed by atoms with Gasteiger partial charge in [-0.3, -0.25) is 0 Å². The van der Waals surface area contributed by atoms with Crippen molar-refractivity contribution in [3.63, 3.8) is 0 Å². The van der Waals surface area contributed by atoms with Crippen molar-refractivity contribution in [1.29, 1.82) is 0 Å². The molecule has 0 unspecified atom stereocenters. The Morgan fingerprint density at radius 2 is 1.93 bits per heavy atom. The fraction of sp³-hybridized carbons (Fsp3) is 0.182. The summed E-state index contributed by atoms with van der Waals surface area (Å²) in [5.41, 5.74) is 3.73. The van der Waals surface area contributed by atoms with E-state index in [1.165, 1.54) is 19.2 Å². The fourth-order valence-electron chi connectivity index (χ4n) is 3.30. The second-order valence-corrected chi connectivity index (χ2v) is 8.14. The van der Waals surface area contributed by atoms with Crippen LogP contribution in [-0.2, 0) is 11.3 Å². The van der Waals surface area contributed by atoms with E-state index in [-0.39, 0.29) is 6.54 Å². The average Bonchev–Trinajstić information content (AvgIpc) is 3.06. The Morgan fingerprint density at radius 1 is 1.20 bits per heavy atom. The summed E-state index contributed by atoms with van der Waals surface area (Å²) < 4.78 is 33.8. The molecule has 0 amide bonds. The summed E-state index contributed by atoms with van der Waals surface area (Å²) in [5.74, 6) is -0.267. The zero-order valence-electron chi connectivity index (χ0n) is 16.8. The van der Waals surface area contributed by atoms with E-state index in [0.717, 1.165) is 32.5 Å². The van der Waals surface area contributed by atoms with Gasteiger partial charge in [0, 0.05) is 6.07 Å². The number of aryl methyl sites for hydroxylation is 2. The van der Waals surface area contributed by atoms with Gasteiger partial charge in [0.1, 0.15) is 11.6 Å². The quantitative estimate of drug-likeness (QED) is 0.616. The number of guanidine groups is 1. The van der Waals surface area contributed by atoms with Crippen molar-refractivity contribution in [2.45, 2.75) is 20.4 Å². The third-order valence-corrected chi connectivity index (χ3v) is 5.82. The Hall–Kier alpha value is -3.26. The number of aliphatic imine (C=N–C) groups is 1. The summed E-state index contributed by atoms with van der Waals surface area (Å²) in [4.78, 5) is 11.0. The van der Waals surface area contributed by atoms with Crippen LogP contribution in [0.2, 0.25) is 0 Å². The molecule has 5 nitrogen and oxygen atoms in total. The van der Waals surface area contributed by atoms with Crippen LogP contribution < -0.4 is 5.32 Å². The highest BCUT2D eigenvalue weighted by molar-refractivity contribution is 7.18. The van der Waals surface area contributed by atoms with E-state index in [4.69, 9.17) is 9.73 Å². The number of aromatic nitrogens is 1. The van der Waals surface area contributed by atoms with E-state index >= 15 is 0 Å². The summed E-state index contributed by atoms with van der Waals surface area (Å²) in [7, 11) is 1.53. The van der Waals surface area contributed by atoms with Gasteiger partial charge < -0.3 is 15.0 Å². The highest BCUT2D eigenvalue weighted by atomic mass is 32.1. The molecule has 4 rings (SSSR count). The van der Waals surface area contributed by atoms with Crippen molar-refractivity contribution in [1.82, 2.24) is 15.2 Å². The lowest BCUT2D eigenvalue weighted by molar-refractivity contribution is 0.282. The summed E-state index contributed by atoms with van der Waals surface area (Å²) >= 11 is 1.62. The summed E-state index contributed by atoms with van der Waals surface area (Å²) in [6.07, 6.45) is 1.71. The summed E-state index contributed by atoms with van der Waals surface area (Å²) in [6, 6.07) is 7.28. The first kappa shape index (κ1) is 20.0. The van der Waals surface area contributed by atoms with E-state index in [2.05, 4.69) is 16.9 Å². The zero-order chi connectivity index (χ0) is 21.4. The normalized spacial score (nSPS) is 15.5. The molecule has 2 heterocycles. The highest BCUT2D eigenvalue weighted by Gasteiger charge is 2.22. The fourth-order valence-corrected chi connectivity index (χ4v) is 4.21. The van der Waals surface area contributed by atoms with E-state index < -0.39 is 11.6 Å². The predicted molar refractivity (Wildman–Crippen MR) is 115 cm³/mol. The molecule has 30 heavy (non-hydrogen) atoms. The Kier molecular flexibility index (Phi) is 5.26. The van der Waals surface area contributed by atoms with Gasteiger partial charge in [-0.15, -0.1) is 11.3 Å². The molecule has 0 spiro atoms. The molecule has 0 saturated carbocycles. The summed E-state index contributed by atoms with van der Waals surface area (Å²) in [6.45, 7) is 8.13. The first-order chi connectivity index (χ1) is 14.3. The van der Waals surface area contributed by atoms with Gasteiger partial charge in [0.05, 0.1) is 46.5 Å². The number of fused-ring (bicyclic) bond motifs is 1. The van der Waals surface area contributed by atoms with Crippen LogP contribution >= 0.6 is 11.3 Å². The standard InChI is InChI=1S/C22H20F2N4OS/c1-12-18(5-6-19-21(12)30-14(3)26-19)27-22-25-13(2)20(29-4)11-28(22)10-15-7-16(23)9-17(24)8-15/h5-9,11H,2,10H2,1,3-4H3,(H,25,27). The number of methoxy groups -OCH3 is 1. The van der Waals surface area contributed by atoms with Crippen molar-refractivity contribution in [2.75, 3.05) is 7.11 Å². The molecule has 0 bridgehead atoms. The largest absolute Gasteiger partial charge is 0.493 e. The number of hydrogen-bond acceptors (Lipinski definition) is 4. The molecular formula is C22H20F2N4OS. The Bertz CT molecular complexity index is 1200. The number of thiazole rings is 1. The van der Waals surface area contributed by atoms with Gasteiger partial charge >= 0.3 is 0 Å². The van der Waals surface area contributed by atoms with Crippen LogP contribution in [0.15, 0.2) is 59.6 Å². The van der Waals surface area contributed by atoms with Crippen LogP contribution in [0.3, 0.4) is 0 Å². The van der Waals surface area contributed by atoms with E-state index in [0.29, 0.717) is 23.0 Å². The maximum atomic E-state index is 13.7. The lowest BCUT2D eigenvalue weighted by Gasteiger charge is -2.30. The number of nitrogens with zero attached hydrogens (tertiary/aromatic N) is 3. The van der Waals surface area contributed by atoms with E-state index in [9.17, 15) is 8.78 Å². The second-order valence-electron chi connectivity index (χ2n) is 6.93. The molecule has 0 atom stereocenters. The molecule has 0 fully saturated rings. The van der Waals surface area contributed by atoms with Crippen molar-refractivity contribution < 1.29 is 13.5 Å². The minimum atomic E-state index is -0.629. The first-order valence-corrected chi connectivity index (χ1v) is 10.0. The number of nitrogens with one attached hydrogen (secondary N) is 1. The van der Waals surface area contributed by atoms with Crippen LogP contribution in [0.1, 0.15) is 16.1 Å². The molecule has 0 saturated heterocycles. The maximum absolute atomic E-state index is 13.7. The zero-order valence-corrected chi connectivity index (χ0v) is 17.6. The maximum Gasteiger partial charge on any atom is 0.208 e. The van der Waals surface area contributed by atoms with Crippen molar-refractivity contribution in [3.05, 3.63) is 82.3 Å². The topological polar surface area (TPSA) is 49.8 Å². The predicted octanol–water partition coefficient (Wildman–Crippen LogP) is 5.29. The minimum absolute atomic E-state index is 0.196. The van der Waals surface area contributed by atoms with Crippen LogP contribution in [-0.4, -0.2) is 23.0 Å². The molecule has 1 N–H and O–H groups in total. The SMILES string of the molecule is C=C1NC(=Nc2ccc3nc(C)sc3c2C)N(Cc2cc(F)cc(F)c2)C=C1OC. The number of benzene rings is 2. The van der Waals surface area contributed by atoms with Crippen LogP contribution in [0.5, 0.6) is 0 Å². The third kappa shape index (κ3) is 3.91. The molecule has 1 aliphatic heterocycles. The van der Waals surface area contributed by atoms with Crippen LogP contribution in [0.25, 0.3) is 10.2 Å². The molecule has 154 valence electrons. The Labute approximate surface area is 177 Å². The van der Waals surface area contributed by atoms with Gasteiger partial charge in [-0.05, 0) is 49.2 Å². The summed E-state index contributed by atoms with van der Waals surface area (Å²) in [5, 5.41) is 4.12. The first-order valence-electron chi connectivity index (χ1n) is 9.23. The molecule has 2 aromatic carbocycles. The molecule has 3 aromatic rings. The molecule has 0 radical (unpaired) electrons. The van der Waals surface area contributed by atoms with Gasteiger partial charge in [-0.2, -0.15) is 0 Å². The number of halogens is 2. The Morgan fingerprint density at radius 3 is 2.63 bits per heavy atom. The second kappa shape index (κ2) is 7.87. The molecular weight excluding hydrogens is 406 g/mol. The molecule has 0 aliphatic carbocycles. The van der Waals surface area contributed by atoms with Crippen molar-refractivity contribution >= 4 is 33.2 Å². The lowest BCUT2D eigenvalue weighted by Crippen LogP contribution is -2.41. The van der Waals surface area contributed by atoms with Crippen LogP contribution in [0.4, 0.5) is 14.5 Å². The monoisotopic (exact) mass is 426 g/mol. The number of hydrogen-bond donors (Lipinski definition) is 1. The Balaban J connectivity index is 1.76. The van der Waals surface area contributed by atoms with Crippen molar-refractivity contribution in [3.8, 4) is 0 Å². The van der Waals surface area contributed by atoms with Gasteiger partial charge in [0.2, 0.25) is 5.96 Å². The molecule has 1 aromatic heterocycles. The van der Waals surface area contributed by atoms with Gasteiger partial charge in [0.15, 0.2) is 5.76 Å². The third-order valence-electron chi connectivity index (χ3n) is 4.71. The van der Waals surface area contributed by atoms with Gasteiger partial charge in [-0.1, -0.05) is 6.58 Å².